The summed E-state index contributed by atoms with van der Waals surface area (Å²) in [4.78, 5) is 27.5. The summed E-state index contributed by atoms with van der Waals surface area (Å²) in [6.45, 7) is 8.99. The van der Waals surface area contributed by atoms with Gasteiger partial charge in [0.1, 0.15) is 0 Å². The van der Waals surface area contributed by atoms with Crippen LogP contribution in [0.5, 0.6) is 0 Å². The number of hydrogen-bond acceptors (Lipinski definition) is 3. The van der Waals surface area contributed by atoms with Crippen LogP contribution in [0.2, 0.25) is 0 Å². The third kappa shape index (κ3) is 3.87. The molecule has 1 aromatic carbocycles. The summed E-state index contributed by atoms with van der Waals surface area (Å²) >= 11 is 1.08. The summed E-state index contributed by atoms with van der Waals surface area (Å²) in [6, 6.07) is 8.43. The standard InChI is InChI=1S/C25H30N2O2S/c1-16-9-8-12-22(18(16)3)27-17(2)13-21(19(27)4)14-23-24(28)26(25(29)30-23)15-20-10-6-5-7-11-20/h8-9,12-14,20H,5-7,10-11,15H2,1-4H3/b23-14+. The Morgan fingerprint density at radius 3 is 2.53 bits per heavy atom. The van der Waals surface area contributed by atoms with Crippen molar-refractivity contribution in [2.75, 3.05) is 6.54 Å². The zero-order valence-corrected chi connectivity index (χ0v) is 19.1. The smallest absolute Gasteiger partial charge is 0.293 e. The van der Waals surface area contributed by atoms with Crippen molar-refractivity contribution in [2.24, 2.45) is 5.92 Å². The monoisotopic (exact) mass is 422 g/mol. The maximum atomic E-state index is 13.0. The van der Waals surface area contributed by atoms with Gasteiger partial charge in [0.15, 0.2) is 0 Å². The van der Waals surface area contributed by atoms with Gasteiger partial charge < -0.3 is 4.57 Å². The van der Waals surface area contributed by atoms with Gasteiger partial charge in [0, 0.05) is 23.6 Å². The van der Waals surface area contributed by atoms with E-state index in [1.165, 1.54) is 35.3 Å². The minimum absolute atomic E-state index is 0.125. The summed E-state index contributed by atoms with van der Waals surface area (Å²) in [7, 11) is 0. The van der Waals surface area contributed by atoms with Gasteiger partial charge in [-0.05, 0) is 93.1 Å². The molecule has 2 amide bonds. The lowest BCUT2D eigenvalue weighted by atomic mass is 9.89. The maximum Gasteiger partial charge on any atom is 0.293 e. The number of imide groups is 1. The minimum atomic E-state index is -0.132. The Morgan fingerprint density at radius 2 is 1.80 bits per heavy atom. The van der Waals surface area contributed by atoms with Gasteiger partial charge in [0.25, 0.3) is 11.1 Å². The molecule has 4 nitrogen and oxygen atoms in total. The normalized spacial score (nSPS) is 19.3. The van der Waals surface area contributed by atoms with Crippen molar-refractivity contribution in [3.63, 3.8) is 0 Å². The molecule has 1 saturated heterocycles. The van der Waals surface area contributed by atoms with E-state index in [1.54, 1.807) is 0 Å². The maximum absolute atomic E-state index is 13.0. The summed E-state index contributed by atoms with van der Waals surface area (Å²) in [6.07, 6.45) is 7.84. The van der Waals surface area contributed by atoms with Crippen LogP contribution < -0.4 is 0 Å². The Balaban J connectivity index is 1.62. The van der Waals surface area contributed by atoms with E-state index < -0.39 is 0 Å². The highest BCUT2D eigenvalue weighted by Crippen LogP contribution is 2.36. The Kier molecular flexibility index (Phi) is 5.92. The number of aryl methyl sites for hydroxylation is 2. The molecule has 4 rings (SSSR count). The van der Waals surface area contributed by atoms with E-state index in [0.717, 1.165) is 47.2 Å². The number of carbonyl (C=O) groups is 2. The number of rotatable bonds is 4. The molecule has 5 heteroatoms. The highest BCUT2D eigenvalue weighted by Gasteiger charge is 2.36. The zero-order chi connectivity index (χ0) is 21.4. The van der Waals surface area contributed by atoms with E-state index in [0.29, 0.717) is 17.4 Å². The van der Waals surface area contributed by atoms with Crippen LogP contribution in [0.4, 0.5) is 4.79 Å². The number of aromatic nitrogens is 1. The summed E-state index contributed by atoms with van der Waals surface area (Å²) in [5.41, 5.74) is 6.87. The van der Waals surface area contributed by atoms with Crippen molar-refractivity contribution in [3.05, 3.63) is 57.2 Å². The van der Waals surface area contributed by atoms with Crippen molar-refractivity contribution >= 4 is 29.0 Å². The van der Waals surface area contributed by atoms with Gasteiger partial charge >= 0.3 is 0 Å². The molecule has 30 heavy (non-hydrogen) atoms. The fraction of sp³-hybridized carbons (Fsp3) is 0.440. The van der Waals surface area contributed by atoms with E-state index in [9.17, 15) is 9.59 Å². The second-order valence-corrected chi connectivity index (χ2v) is 9.67. The Bertz CT molecular complexity index is 1030. The van der Waals surface area contributed by atoms with Crippen LogP contribution in [0, 0.1) is 33.6 Å². The molecule has 1 aliphatic heterocycles. The zero-order valence-electron chi connectivity index (χ0n) is 18.3. The van der Waals surface area contributed by atoms with Crippen LogP contribution in [0.25, 0.3) is 11.8 Å². The number of hydrogen-bond donors (Lipinski definition) is 0. The highest BCUT2D eigenvalue weighted by molar-refractivity contribution is 8.18. The van der Waals surface area contributed by atoms with Crippen molar-refractivity contribution < 1.29 is 9.59 Å². The predicted molar refractivity (Wildman–Crippen MR) is 124 cm³/mol. The lowest BCUT2D eigenvalue weighted by molar-refractivity contribution is -0.123. The Hall–Kier alpha value is -2.27. The molecule has 0 bridgehead atoms. The average molecular weight is 423 g/mol. The van der Waals surface area contributed by atoms with E-state index >= 15 is 0 Å². The molecule has 0 radical (unpaired) electrons. The molecule has 0 atom stereocenters. The first kappa shape index (κ1) is 21.0. The van der Waals surface area contributed by atoms with Crippen molar-refractivity contribution in [3.8, 4) is 5.69 Å². The predicted octanol–water partition coefficient (Wildman–Crippen LogP) is 6.33. The van der Waals surface area contributed by atoms with Crippen LogP contribution in [0.1, 0.15) is 60.2 Å². The van der Waals surface area contributed by atoms with Crippen molar-refractivity contribution in [1.82, 2.24) is 9.47 Å². The number of amides is 2. The fourth-order valence-electron chi connectivity index (χ4n) is 4.71. The first-order valence-corrected chi connectivity index (χ1v) is 11.7. The van der Waals surface area contributed by atoms with Crippen LogP contribution in [0.3, 0.4) is 0 Å². The number of benzene rings is 1. The second kappa shape index (κ2) is 8.46. The Morgan fingerprint density at radius 1 is 1.07 bits per heavy atom. The van der Waals surface area contributed by atoms with Gasteiger partial charge in [-0.3, -0.25) is 14.5 Å². The highest BCUT2D eigenvalue weighted by atomic mass is 32.2. The van der Waals surface area contributed by atoms with Gasteiger partial charge in [-0.2, -0.15) is 0 Å². The van der Waals surface area contributed by atoms with Crippen LogP contribution in [-0.2, 0) is 4.79 Å². The van der Waals surface area contributed by atoms with Gasteiger partial charge in [-0.1, -0.05) is 31.4 Å². The summed E-state index contributed by atoms with van der Waals surface area (Å²) in [5, 5.41) is -0.125. The molecule has 2 fully saturated rings. The van der Waals surface area contributed by atoms with E-state index in [-0.39, 0.29) is 11.1 Å². The molecule has 2 aliphatic rings. The molecule has 0 unspecified atom stereocenters. The molecule has 2 heterocycles. The van der Waals surface area contributed by atoms with E-state index in [1.807, 2.05) is 6.08 Å². The van der Waals surface area contributed by atoms with Gasteiger partial charge in [-0.15, -0.1) is 0 Å². The van der Waals surface area contributed by atoms with E-state index in [2.05, 4.69) is 56.5 Å². The van der Waals surface area contributed by atoms with Crippen molar-refractivity contribution in [1.29, 1.82) is 0 Å². The fourth-order valence-corrected chi connectivity index (χ4v) is 5.55. The summed E-state index contributed by atoms with van der Waals surface area (Å²) in [5.74, 6) is 0.327. The summed E-state index contributed by atoms with van der Waals surface area (Å²) < 4.78 is 2.24. The first-order valence-electron chi connectivity index (χ1n) is 10.9. The minimum Gasteiger partial charge on any atom is -0.318 e. The van der Waals surface area contributed by atoms with Gasteiger partial charge in [0.2, 0.25) is 0 Å². The molecule has 2 aromatic rings. The molecular formula is C25H30N2O2S. The molecule has 0 spiro atoms. The molecule has 1 aliphatic carbocycles. The quantitative estimate of drug-likeness (QED) is 0.541. The van der Waals surface area contributed by atoms with Crippen molar-refractivity contribution in [2.45, 2.75) is 59.8 Å². The number of thioether (sulfide) groups is 1. The second-order valence-electron chi connectivity index (χ2n) is 8.68. The van der Waals surface area contributed by atoms with Gasteiger partial charge in [-0.25, -0.2) is 0 Å². The van der Waals surface area contributed by atoms with Crippen LogP contribution in [-0.4, -0.2) is 27.2 Å². The third-order valence-corrected chi connectivity index (χ3v) is 7.52. The third-order valence-electron chi connectivity index (χ3n) is 6.61. The lowest BCUT2D eigenvalue weighted by Crippen LogP contribution is -2.34. The van der Waals surface area contributed by atoms with Crippen LogP contribution >= 0.6 is 11.8 Å². The first-order chi connectivity index (χ1) is 14.4. The average Bonchev–Trinajstić information content (AvgIpc) is 3.15. The lowest BCUT2D eigenvalue weighted by Gasteiger charge is -2.25. The number of nitrogens with zero attached hydrogens (tertiary/aromatic N) is 2. The molecule has 1 aromatic heterocycles. The Labute approximate surface area is 183 Å². The van der Waals surface area contributed by atoms with Gasteiger partial charge in [0.05, 0.1) is 4.91 Å². The van der Waals surface area contributed by atoms with Crippen LogP contribution in [0.15, 0.2) is 29.2 Å². The SMILES string of the molecule is Cc1cccc(-n2c(C)cc(/C=C3/SC(=O)N(CC4CCCCC4)C3=O)c2C)c1C. The molecule has 158 valence electrons. The molecular weight excluding hydrogens is 392 g/mol. The molecule has 1 saturated carbocycles. The topological polar surface area (TPSA) is 42.3 Å². The van der Waals surface area contributed by atoms with E-state index in [4.69, 9.17) is 0 Å². The molecule has 0 N–H and O–H groups in total. The largest absolute Gasteiger partial charge is 0.318 e. The number of carbonyl (C=O) groups excluding carboxylic acids is 2.